The average Bonchev–Trinajstić information content (AvgIpc) is 2.64. The van der Waals surface area contributed by atoms with Crippen molar-refractivity contribution in [2.24, 2.45) is 11.7 Å². The molecule has 1 saturated heterocycles. The zero-order valence-electron chi connectivity index (χ0n) is 8.62. The number of amides is 1. The van der Waals surface area contributed by atoms with Gasteiger partial charge in [0.2, 0.25) is 5.91 Å². The van der Waals surface area contributed by atoms with Gasteiger partial charge < -0.3 is 10.6 Å². The molecule has 1 heterocycles. The molecule has 1 aromatic carbocycles. The minimum atomic E-state index is 0.157. The molecule has 0 saturated carbocycles. The summed E-state index contributed by atoms with van der Waals surface area (Å²) in [6.07, 6.45) is 0.560. The van der Waals surface area contributed by atoms with E-state index in [1.807, 2.05) is 18.2 Å². The van der Waals surface area contributed by atoms with Crippen LogP contribution in [0, 0.1) is 5.92 Å². The number of benzene rings is 1. The summed E-state index contributed by atoms with van der Waals surface area (Å²) in [6, 6.07) is 5.81. The predicted molar refractivity (Wildman–Crippen MR) is 71.4 cm³/mol. The molecule has 1 amide bonds. The summed E-state index contributed by atoms with van der Waals surface area (Å²) in [5, 5.41) is 0. The van der Waals surface area contributed by atoms with Crippen LogP contribution >= 0.6 is 31.9 Å². The number of halogens is 2. The maximum Gasteiger partial charge on any atom is 0.227 e. The summed E-state index contributed by atoms with van der Waals surface area (Å²) in [6.45, 7) is 1.29. The van der Waals surface area contributed by atoms with E-state index in [0.717, 1.165) is 21.2 Å². The van der Waals surface area contributed by atoms with E-state index in [4.69, 9.17) is 5.73 Å². The van der Waals surface area contributed by atoms with Crippen molar-refractivity contribution >= 4 is 43.5 Å². The fourth-order valence-corrected chi connectivity index (χ4v) is 2.46. The lowest BCUT2D eigenvalue weighted by atomic mass is 10.1. The van der Waals surface area contributed by atoms with Crippen molar-refractivity contribution in [3.8, 4) is 0 Å². The van der Waals surface area contributed by atoms with E-state index >= 15 is 0 Å². The van der Waals surface area contributed by atoms with Crippen molar-refractivity contribution in [1.29, 1.82) is 0 Å². The van der Waals surface area contributed by atoms with Crippen LogP contribution < -0.4 is 10.6 Å². The molecular weight excluding hydrogens is 336 g/mol. The first-order valence-corrected chi connectivity index (χ1v) is 6.66. The average molecular weight is 348 g/mol. The van der Waals surface area contributed by atoms with Gasteiger partial charge in [-0.05, 0) is 62.5 Å². The standard InChI is InChI=1S/C11H12Br2N2O/c12-9-2-1-8(4-10(9)13)15-6-7(5-14)3-11(15)16/h1-2,4,7H,3,5-6,14H2. The van der Waals surface area contributed by atoms with Gasteiger partial charge in [-0.1, -0.05) is 0 Å². The highest BCUT2D eigenvalue weighted by Crippen LogP contribution is 2.31. The largest absolute Gasteiger partial charge is 0.330 e. The van der Waals surface area contributed by atoms with Crippen molar-refractivity contribution in [1.82, 2.24) is 0 Å². The van der Waals surface area contributed by atoms with Gasteiger partial charge in [-0.15, -0.1) is 0 Å². The van der Waals surface area contributed by atoms with E-state index in [1.165, 1.54) is 0 Å². The van der Waals surface area contributed by atoms with Crippen molar-refractivity contribution < 1.29 is 4.79 Å². The topological polar surface area (TPSA) is 46.3 Å². The first kappa shape index (κ1) is 12.1. The highest BCUT2D eigenvalue weighted by Gasteiger charge is 2.29. The van der Waals surface area contributed by atoms with Gasteiger partial charge in [0, 0.05) is 27.6 Å². The van der Waals surface area contributed by atoms with Gasteiger partial charge in [0.05, 0.1) is 0 Å². The Kier molecular flexibility index (Phi) is 3.66. The lowest BCUT2D eigenvalue weighted by molar-refractivity contribution is -0.117. The summed E-state index contributed by atoms with van der Waals surface area (Å²) in [4.78, 5) is 13.6. The molecule has 1 aliphatic heterocycles. The van der Waals surface area contributed by atoms with Crippen LogP contribution in [0.1, 0.15) is 6.42 Å². The Balaban J connectivity index is 2.24. The Morgan fingerprint density at radius 3 is 2.69 bits per heavy atom. The summed E-state index contributed by atoms with van der Waals surface area (Å²) in [5.41, 5.74) is 6.52. The summed E-state index contributed by atoms with van der Waals surface area (Å²) in [7, 11) is 0. The van der Waals surface area contributed by atoms with Crippen LogP contribution in [-0.2, 0) is 4.79 Å². The van der Waals surface area contributed by atoms with Crippen molar-refractivity contribution in [3.63, 3.8) is 0 Å². The van der Waals surface area contributed by atoms with E-state index < -0.39 is 0 Å². The summed E-state index contributed by atoms with van der Waals surface area (Å²) >= 11 is 6.84. The molecule has 1 atom stereocenters. The quantitative estimate of drug-likeness (QED) is 0.893. The number of carbonyl (C=O) groups is 1. The SMILES string of the molecule is NCC1CC(=O)N(c2ccc(Br)c(Br)c2)C1. The molecular formula is C11H12Br2N2O. The van der Waals surface area contributed by atoms with Gasteiger partial charge in [0.1, 0.15) is 0 Å². The molecule has 0 bridgehead atoms. The van der Waals surface area contributed by atoms with Crippen LogP contribution in [0.3, 0.4) is 0 Å². The first-order valence-electron chi connectivity index (χ1n) is 5.07. The minimum Gasteiger partial charge on any atom is -0.330 e. The van der Waals surface area contributed by atoms with Gasteiger partial charge in [-0.25, -0.2) is 0 Å². The van der Waals surface area contributed by atoms with Crippen molar-refractivity contribution in [3.05, 3.63) is 27.1 Å². The Bertz CT molecular complexity index is 422. The normalized spacial score (nSPS) is 20.6. The molecule has 16 heavy (non-hydrogen) atoms. The molecule has 0 spiro atoms. The second-order valence-electron chi connectivity index (χ2n) is 3.91. The Morgan fingerprint density at radius 2 is 2.12 bits per heavy atom. The van der Waals surface area contributed by atoms with Crippen LogP contribution in [0.2, 0.25) is 0 Å². The lowest BCUT2D eigenvalue weighted by Gasteiger charge is -2.17. The smallest absolute Gasteiger partial charge is 0.227 e. The Morgan fingerprint density at radius 1 is 1.38 bits per heavy atom. The van der Waals surface area contributed by atoms with Gasteiger partial charge in [0.15, 0.2) is 0 Å². The second kappa shape index (κ2) is 4.85. The molecule has 1 fully saturated rings. The van der Waals surface area contributed by atoms with E-state index in [0.29, 0.717) is 13.0 Å². The highest BCUT2D eigenvalue weighted by atomic mass is 79.9. The monoisotopic (exact) mass is 346 g/mol. The highest BCUT2D eigenvalue weighted by molar-refractivity contribution is 9.13. The van der Waals surface area contributed by atoms with E-state index in [9.17, 15) is 4.79 Å². The van der Waals surface area contributed by atoms with E-state index in [2.05, 4.69) is 31.9 Å². The molecule has 0 aliphatic carbocycles. The fraction of sp³-hybridized carbons (Fsp3) is 0.364. The zero-order chi connectivity index (χ0) is 11.7. The molecule has 3 nitrogen and oxygen atoms in total. The maximum atomic E-state index is 11.8. The van der Waals surface area contributed by atoms with E-state index in [-0.39, 0.29) is 11.8 Å². The molecule has 1 aliphatic rings. The summed E-state index contributed by atoms with van der Waals surface area (Å²) in [5.74, 6) is 0.444. The summed E-state index contributed by atoms with van der Waals surface area (Å²) < 4.78 is 1.94. The van der Waals surface area contributed by atoms with Crippen LogP contribution in [0.5, 0.6) is 0 Å². The Hall–Kier alpha value is -0.390. The van der Waals surface area contributed by atoms with Gasteiger partial charge in [-0.2, -0.15) is 0 Å². The first-order chi connectivity index (χ1) is 7.61. The molecule has 1 aromatic rings. The van der Waals surface area contributed by atoms with E-state index in [1.54, 1.807) is 4.90 Å². The molecule has 1 unspecified atom stereocenters. The molecule has 0 radical (unpaired) electrons. The minimum absolute atomic E-state index is 0.157. The lowest BCUT2D eigenvalue weighted by Crippen LogP contribution is -2.25. The third-order valence-corrected chi connectivity index (χ3v) is 4.63. The number of hydrogen-bond donors (Lipinski definition) is 1. The van der Waals surface area contributed by atoms with Crippen LogP contribution in [0.25, 0.3) is 0 Å². The zero-order valence-corrected chi connectivity index (χ0v) is 11.8. The molecule has 2 rings (SSSR count). The van der Waals surface area contributed by atoms with Gasteiger partial charge in [-0.3, -0.25) is 4.79 Å². The number of nitrogens with two attached hydrogens (primary N) is 1. The second-order valence-corrected chi connectivity index (χ2v) is 5.62. The van der Waals surface area contributed by atoms with Crippen LogP contribution in [0.4, 0.5) is 5.69 Å². The molecule has 2 N–H and O–H groups in total. The van der Waals surface area contributed by atoms with Crippen LogP contribution in [-0.4, -0.2) is 19.0 Å². The van der Waals surface area contributed by atoms with Crippen molar-refractivity contribution in [2.75, 3.05) is 18.0 Å². The Labute approximate surface area is 111 Å². The third-order valence-electron chi connectivity index (χ3n) is 2.75. The molecule has 86 valence electrons. The predicted octanol–water partition coefficient (Wildman–Crippen LogP) is 2.52. The number of hydrogen-bond acceptors (Lipinski definition) is 2. The van der Waals surface area contributed by atoms with Gasteiger partial charge >= 0.3 is 0 Å². The maximum absolute atomic E-state index is 11.8. The fourth-order valence-electron chi connectivity index (χ4n) is 1.84. The van der Waals surface area contributed by atoms with Crippen molar-refractivity contribution in [2.45, 2.75) is 6.42 Å². The molecule has 0 aromatic heterocycles. The number of nitrogens with zero attached hydrogens (tertiary/aromatic N) is 1. The number of rotatable bonds is 2. The van der Waals surface area contributed by atoms with Gasteiger partial charge in [0.25, 0.3) is 0 Å². The number of anilines is 1. The number of carbonyl (C=O) groups excluding carboxylic acids is 1. The molecule has 5 heteroatoms. The third kappa shape index (κ3) is 2.31. The van der Waals surface area contributed by atoms with Crippen LogP contribution in [0.15, 0.2) is 27.1 Å².